The fourth-order valence-corrected chi connectivity index (χ4v) is 2.00. The van der Waals surface area contributed by atoms with Gasteiger partial charge in [-0.3, -0.25) is 4.68 Å². The standard InChI is InChI=1S/C10H14N4/c1-7-10(4-11)8(2)14(12-7)9-5-13(3)6-9/h9H,5-6H2,1-3H3. The Morgan fingerprint density at radius 1 is 1.43 bits per heavy atom. The van der Waals surface area contributed by atoms with Crippen molar-refractivity contribution in [3.63, 3.8) is 0 Å². The van der Waals surface area contributed by atoms with Gasteiger partial charge in [-0.15, -0.1) is 0 Å². The molecule has 0 bridgehead atoms. The van der Waals surface area contributed by atoms with E-state index >= 15 is 0 Å². The Morgan fingerprint density at radius 2 is 2.07 bits per heavy atom. The first-order chi connectivity index (χ1) is 6.63. The van der Waals surface area contributed by atoms with Crippen molar-refractivity contribution in [2.75, 3.05) is 20.1 Å². The van der Waals surface area contributed by atoms with E-state index in [-0.39, 0.29) is 0 Å². The van der Waals surface area contributed by atoms with E-state index in [1.807, 2.05) is 18.5 Å². The van der Waals surface area contributed by atoms with Crippen LogP contribution in [0.3, 0.4) is 0 Å². The van der Waals surface area contributed by atoms with Gasteiger partial charge in [0.15, 0.2) is 0 Å². The Bertz CT molecular complexity index is 393. The van der Waals surface area contributed by atoms with Crippen LogP contribution in [0.25, 0.3) is 0 Å². The zero-order chi connectivity index (χ0) is 10.3. The molecule has 2 rings (SSSR count). The Kier molecular flexibility index (Phi) is 2.05. The van der Waals surface area contributed by atoms with Gasteiger partial charge in [-0.05, 0) is 20.9 Å². The van der Waals surface area contributed by atoms with Gasteiger partial charge in [-0.1, -0.05) is 0 Å². The predicted octanol–water partition coefficient (Wildman–Crippen LogP) is 0.858. The molecule has 0 saturated carbocycles. The van der Waals surface area contributed by atoms with E-state index in [4.69, 9.17) is 5.26 Å². The maximum Gasteiger partial charge on any atom is 0.103 e. The van der Waals surface area contributed by atoms with Crippen molar-refractivity contribution in [2.24, 2.45) is 0 Å². The molecule has 4 heteroatoms. The van der Waals surface area contributed by atoms with E-state index in [1.165, 1.54) is 0 Å². The van der Waals surface area contributed by atoms with Crippen LogP contribution >= 0.6 is 0 Å². The molecule has 74 valence electrons. The van der Waals surface area contributed by atoms with E-state index in [0.29, 0.717) is 6.04 Å². The second kappa shape index (κ2) is 3.10. The molecule has 1 saturated heterocycles. The predicted molar refractivity (Wildman–Crippen MR) is 53.0 cm³/mol. The SMILES string of the molecule is Cc1nn(C2CN(C)C2)c(C)c1C#N. The van der Waals surface area contributed by atoms with Crippen molar-refractivity contribution in [1.29, 1.82) is 5.26 Å². The van der Waals surface area contributed by atoms with Crippen LogP contribution in [-0.2, 0) is 0 Å². The normalized spacial score (nSPS) is 17.9. The summed E-state index contributed by atoms with van der Waals surface area (Å²) in [5.41, 5.74) is 2.59. The van der Waals surface area contributed by atoms with Gasteiger partial charge in [0.1, 0.15) is 6.07 Å². The Balaban J connectivity index is 2.32. The molecule has 1 fully saturated rings. The molecule has 1 aliphatic rings. The average Bonchev–Trinajstić information content (AvgIpc) is 2.36. The number of nitriles is 1. The summed E-state index contributed by atoms with van der Waals surface area (Å²) in [7, 11) is 2.09. The van der Waals surface area contributed by atoms with Crippen LogP contribution in [0.1, 0.15) is 23.0 Å². The number of nitrogens with zero attached hydrogens (tertiary/aromatic N) is 4. The lowest BCUT2D eigenvalue weighted by Gasteiger charge is -2.36. The van der Waals surface area contributed by atoms with Gasteiger partial charge in [-0.2, -0.15) is 10.4 Å². The lowest BCUT2D eigenvalue weighted by molar-refractivity contribution is 0.128. The zero-order valence-corrected chi connectivity index (χ0v) is 8.78. The first-order valence-electron chi connectivity index (χ1n) is 4.78. The fourth-order valence-electron chi connectivity index (χ4n) is 2.00. The number of aryl methyl sites for hydroxylation is 1. The van der Waals surface area contributed by atoms with Gasteiger partial charge in [-0.25, -0.2) is 0 Å². The van der Waals surface area contributed by atoms with Crippen LogP contribution in [-0.4, -0.2) is 34.8 Å². The van der Waals surface area contributed by atoms with Crippen molar-refractivity contribution < 1.29 is 0 Å². The van der Waals surface area contributed by atoms with Gasteiger partial charge in [0.25, 0.3) is 0 Å². The number of aromatic nitrogens is 2. The van der Waals surface area contributed by atoms with Crippen LogP contribution in [0.15, 0.2) is 0 Å². The van der Waals surface area contributed by atoms with Gasteiger partial charge in [0, 0.05) is 13.1 Å². The second-order valence-electron chi connectivity index (χ2n) is 3.98. The fraction of sp³-hybridized carbons (Fsp3) is 0.600. The minimum Gasteiger partial charge on any atom is -0.302 e. The van der Waals surface area contributed by atoms with Crippen LogP contribution < -0.4 is 0 Å². The molecular formula is C10H14N4. The van der Waals surface area contributed by atoms with E-state index in [2.05, 4.69) is 23.1 Å². The molecule has 0 spiro atoms. The van der Waals surface area contributed by atoms with Crippen LogP contribution in [0.4, 0.5) is 0 Å². The van der Waals surface area contributed by atoms with Crippen molar-refractivity contribution in [3.8, 4) is 6.07 Å². The third-order valence-electron chi connectivity index (χ3n) is 2.83. The molecule has 4 nitrogen and oxygen atoms in total. The maximum absolute atomic E-state index is 8.92. The molecule has 0 radical (unpaired) electrons. The lowest BCUT2D eigenvalue weighted by Crippen LogP contribution is -2.45. The summed E-state index contributed by atoms with van der Waals surface area (Å²) in [5.74, 6) is 0. The average molecular weight is 190 g/mol. The number of hydrogen-bond acceptors (Lipinski definition) is 3. The highest BCUT2D eigenvalue weighted by atomic mass is 15.4. The summed E-state index contributed by atoms with van der Waals surface area (Å²) in [4.78, 5) is 2.24. The minimum absolute atomic E-state index is 0.459. The minimum atomic E-state index is 0.459. The Labute approximate surface area is 83.7 Å². The third-order valence-corrected chi connectivity index (χ3v) is 2.83. The first-order valence-corrected chi connectivity index (χ1v) is 4.78. The molecule has 1 aromatic rings. The van der Waals surface area contributed by atoms with Gasteiger partial charge < -0.3 is 4.90 Å². The highest BCUT2D eigenvalue weighted by Gasteiger charge is 2.28. The summed E-state index contributed by atoms with van der Waals surface area (Å²) in [5, 5.41) is 13.3. The number of rotatable bonds is 1. The molecule has 0 aliphatic carbocycles. The first kappa shape index (κ1) is 9.22. The summed E-state index contributed by atoms with van der Waals surface area (Å²) in [6.07, 6.45) is 0. The molecule has 1 aromatic heterocycles. The highest BCUT2D eigenvalue weighted by Crippen LogP contribution is 2.23. The summed E-state index contributed by atoms with van der Waals surface area (Å²) in [6.45, 7) is 5.93. The van der Waals surface area contributed by atoms with E-state index in [1.54, 1.807) is 0 Å². The van der Waals surface area contributed by atoms with E-state index in [9.17, 15) is 0 Å². The molecular weight excluding hydrogens is 176 g/mol. The zero-order valence-electron chi connectivity index (χ0n) is 8.78. The summed E-state index contributed by atoms with van der Waals surface area (Å²) in [6, 6.07) is 2.66. The summed E-state index contributed by atoms with van der Waals surface area (Å²) < 4.78 is 1.99. The van der Waals surface area contributed by atoms with Crippen LogP contribution in [0.5, 0.6) is 0 Å². The number of likely N-dealkylation sites (N-methyl/N-ethyl adjacent to an activating group) is 1. The molecule has 14 heavy (non-hydrogen) atoms. The quantitative estimate of drug-likeness (QED) is 0.659. The molecule has 0 N–H and O–H groups in total. The molecule has 0 amide bonds. The third kappa shape index (κ3) is 1.21. The van der Waals surface area contributed by atoms with Crippen LogP contribution in [0, 0.1) is 25.2 Å². The number of likely N-dealkylation sites (tertiary alicyclic amines) is 1. The largest absolute Gasteiger partial charge is 0.302 e. The molecule has 0 aromatic carbocycles. The van der Waals surface area contributed by atoms with Gasteiger partial charge >= 0.3 is 0 Å². The van der Waals surface area contributed by atoms with Crippen molar-refractivity contribution in [3.05, 3.63) is 17.0 Å². The molecule has 0 atom stereocenters. The van der Waals surface area contributed by atoms with Crippen molar-refractivity contribution in [2.45, 2.75) is 19.9 Å². The lowest BCUT2D eigenvalue weighted by atomic mass is 10.1. The molecule has 2 heterocycles. The highest BCUT2D eigenvalue weighted by molar-refractivity contribution is 5.37. The van der Waals surface area contributed by atoms with E-state index < -0.39 is 0 Å². The van der Waals surface area contributed by atoms with Crippen molar-refractivity contribution in [1.82, 2.24) is 14.7 Å². The van der Waals surface area contributed by atoms with Crippen LogP contribution in [0.2, 0.25) is 0 Å². The van der Waals surface area contributed by atoms with Gasteiger partial charge in [0.2, 0.25) is 0 Å². The molecule has 0 unspecified atom stereocenters. The Morgan fingerprint density at radius 3 is 2.50 bits per heavy atom. The second-order valence-corrected chi connectivity index (χ2v) is 3.98. The maximum atomic E-state index is 8.92. The smallest absolute Gasteiger partial charge is 0.103 e. The molecule has 1 aliphatic heterocycles. The van der Waals surface area contributed by atoms with Gasteiger partial charge in [0.05, 0.1) is 23.0 Å². The van der Waals surface area contributed by atoms with E-state index in [0.717, 1.165) is 30.0 Å². The monoisotopic (exact) mass is 190 g/mol. The Hall–Kier alpha value is -1.34. The number of hydrogen-bond donors (Lipinski definition) is 0. The van der Waals surface area contributed by atoms with Crippen molar-refractivity contribution >= 4 is 0 Å². The summed E-state index contributed by atoms with van der Waals surface area (Å²) >= 11 is 0. The topological polar surface area (TPSA) is 44.9 Å².